The monoisotopic (exact) mass is 478 g/mol. The van der Waals surface area contributed by atoms with E-state index in [-0.39, 0.29) is 0 Å². The van der Waals surface area contributed by atoms with E-state index in [1.54, 1.807) is 0 Å². The molecule has 0 N–H and O–H groups in total. The third-order valence-corrected chi connectivity index (χ3v) is 6.46. The van der Waals surface area contributed by atoms with Crippen molar-refractivity contribution in [3.8, 4) is 28.5 Å². The first-order valence-corrected chi connectivity index (χ1v) is 12.1. The zero-order chi connectivity index (χ0) is 24.8. The van der Waals surface area contributed by atoms with Crippen molar-refractivity contribution in [2.75, 3.05) is 18.5 Å². The number of aromatic nitrogens is 1. The van der Waals surface area contributed by atoms with Crippen molar-refractivity contribution in [2.45, 2.75) is 13.3 Å². The summed E-state index contributed by atoms with van der Waals surface area (Å²) < 4.78 is 2.23. The molecular formula is C31H29ClN3+. The number of anilines is 1. The van der Waals surface area contributed by atoms with Gasteiger partial charge < -0.3 is 4.90 Å². The summed E-state index contributed by atoms with van der Waals surface area (Å²) in [7, 11) is 4.12. The molecule has 4 heteroatoms. The summed E-state index contributed by atoms with van der Waals surface area (Å²) in [6.07, 6.45) is 4.81. The molecule has 4 aromatic rings. The number of hydrogen-bond acceptors (Lipinski definition) is 2. The lowest BCUT2D eigenvalue weighted by Crippen LogP contribution is -2.34. The molecule has 0 unspecified atom stereocenters. The van der Waals surface area contributed by atoms with Gasteiger partial charge in [-0.05, 0) is 66.1 Å². The molecule has 174 valence electrons. The Morgan fingerprint density at radius 3 is 2.17 bits per heavy atom. The number of rotatable bonds is 7. The van der Waals surface area contributed by atoms with Gasteiger partial charge in [-0.2, -0.15) is 9.83 Å². The van der Waals surface area contributed by atoms with Crippen LogP contribution in [0.1, 0.15) is 23.2 Å². The standard InChI is InChI=1S/C31H29ClN3/c1-23-5-10-26(11-6-23)31-22-27(25-12-14-28(32)15-13-25)21-30(35(31)3)18-9-24-7-16-29(17-8-24)34(2)20-4-19-33/h5-18,21-22H,4,20H2,1-3H3/q+1. The predicted molar refractivity (Wildman–Crippen MR) is 147 cm³/mol. The van der Waals surface area contributed by atoms with E-state index in [1.165, 1.54) is 11.1 Å². The minimum Gasteiger partial charge on any atom is -0.374 e. The largest absolute Gasteiger partial charge is 0.374 e. The minimum absolute atomic E-state index is 0.516. The van der Waals surface area contributed by atoms with Gasteiger partial charge in [0.25, 0.3) is 0 Å². The second-order valence-corrected chi connectivity index (χ2v) is 9.18. The van der Waals surface area contributed by atoms with Crippen LogP contribution in [0.5, 0.6) is 0 Å². The average molecular weight is 479 g/mol. The van der Waals surface area contributed by atoms with Crippen molar-refractivity contribution >= 4 is 29.4 Å². The molecule has 0 aliphatic carbocycles. The number of pyridine rings is 1. The van der Waals surface area contributed by atoms with Gasteiger partial charge in [-0.25, -0.2) is 0 Å². The zero-order valence-electron chi connectivity index (χ0n) is 20.4. The number of hydrogen-bond donors (Lipinski definition) is 0. The molecule has 35 heavy (non-hydrogen) atoms. The van der Waals surface area contributed by atoms with E-state index in [0.717, 1.165) is 45.3 Å². The lowest BCUT2D eigenvalue weighted by molar-refractivity contribution is -0.662. The smallest absolute Gasteiger partial charge is 0.213 e. The van der Waals surface area contributed by atoms with Crippen molar-refractivity contribution in [2.24, 2.45) is 7.05 Å². The molecule has 0 aliphatic heterocycles. The fourth-order valence-corrected chi connectivity index (χ4v) is 4.15. The van der Waals surface area contributed by atoms with E-state index in [9.17, 15) is 0 Å². The maximum Gasteiger partial charge on any atom is 0.213 e. The molecule has 0 amide bonds. The Hall–Kier alpha value is -3.87. The number of nitriles is 1. The van der Waals surface area contributed by atoms with Crippen LogP contribution in [-0.2, 0) is 7.05 Å². The molecule has 0 spiro atoms. The highest BCUT2D eigenvalue weighted by Crippen LogP contribution is 2.27. The molecule has 4 rings (SSSR count). The number of benzene rings is 3. The predicted octanol–water partition coefficient (Wildman–Crippen LogP) is 7.33. The number of halogens is 1. The van der Waals surface area contributed by atoms with Crippen molar-refractivity contribution in [3.05, 3.63) is 107 Å². The van der Waals surface area contributed by atoms with Crippen LogP contribution >= 0.6 is 11.6 Å². The second-order valence-electron chi connectivity index (χ2n) is 8.74. The van der Waals surface area contributed by atoms with Crippen molar-refractivity contribution in [1.29, 1.82) is 5.26 Å². The van der Waals surface area contributed by atoms with Gasteiger partial charge in [-0.15, -0.1) is 0 Å². The van der Waals surface area contributed by atoms with E-state index in [1.807, 2.05) is 19.2 Å². The van der Waals surface area contributed by atoms with E-state index >= 15 is 0 Å². The van der Waals surface area contributed by atoms with Crippen LogP contribution in [0.4, 0.5) is 5.69 Å². The summed E-state index contributed by atoms with van der Waals surface area (Å²) in [5.74, 6) is 0. The van der Waals surface area contributed by atoms with Crippen LogP contribution in [0.25, 0.3) is 34.5 Å². The van der Waals surface area contributed by atoms with Crippen LogP contribution in [0, 0.1) is 18.3 Å². The molecule has 0 saturated heterocycles. The van der Waals surface area contributed by atoms with Crippen LogP contribution in [0.2, 0.25) is 5.02 Å². The van der Waals surface area contributed by atoms with Crippen molar-refractivity contribution in [1.82, 2.24) is 0 Å². The Balaban J connectivity index is 1.70. The molecular weight excluding hydrogens is 450 g/mol. The SMILES string of the molecule is Cc1ccc(-c2cc(-c3ccc(Cl)cc3)cc(/C=C/c3ccc(N(C)CCC#N)cc3)[n+]2C)cc1. The Labute approximate surface area is 213 Å². The van der Waals surface area contributed by atoms with Gasteiger partial charge in [0.1, 0.15) is 7.05 Å². The Kier molecular flexibility index (Phi) is 7.65. The van der Waals surface area contributed by atoms with Crippen LogP contribution < -0.4 is 9.47 Å². The van der Waals surface area contributed by atoms with Gasteiger partial charge in [0.15, 0.2) is 0 Å². The van der Waals surface area contributed by atoms with Gasteiger partial charge >= 0.3 is 0 Å². The highest BCUT2D eigenvalue weighted by atomic mass is 35.5. The summed E-state index contributed by atoms with van der Waals surface area (Å²) in [5, 5.41) is 9.55. The van der Waals surface area contributed by atoms with Gasteiger partial charge in [-0.3, -0.25) is 0 Å². The average Bonchev–Trinajstić information content (AvgIpc) is 2.88. The van der Waals surface area contributed by atoms with Crippen LogP contribution in [-0.4, -0.2) is 13.6 Å². The molecule has 0 radical (unpaired) electrons. The van der Waals surface area contributed by atoms with Gasteiger partial charge in [-0.1, -0.05) is 53.6 Å². The van der Waals surface area contributed by atoms with E-state index < -0.39 is 0 Å². The quantitative estimate of drug-likeness (QED) is 0.260. The zero-order valence-corrected chi connectivity index (χ0v) is 21.1. The molecule has 1 aromatic heterocycles. The summed E-state index contributed by atoms with van der Waals surface area (Å²) >= 11 is 6.14. The van der Waals surface area contributed by atoms with E-state index in [0.29, 0.717) is 6.42 Å². The second kappa shape index (κ2) is 11.0. The molecule has 0 bridgehead atoms. The Morgan fingerprint density at radius 1 is 0.857 bits per heavy atom. The summed E-state index contributed by atoms with van der Waals surface area (Å²) in [6, 6.07) is 31.7. The first-order chi connectivity index (χ1) is 16.9. The number of aryl methyl sites for hydroxylation is 1. The number of nitrogens with zero attached hydrogens (tertiary/aromatic N) is 3. The molecule has 0 saturated carbocycles. The van der Waals surface area contributed by atoms with Gasteiger partial charge in [0, 0.05) is 48.1 Å². The lowest BCUT2D eigenvalue weighted by Gasteiger charge is -2.17. The van der Waals surface area contributed by atoms with Crippen LogP contribution in [0.15, 0.2) is 84.9 Å². The topological polar surface area (TPSA) is 30.9 Å². The molecule has 3 nitrogen and oxygen atoms in total. The van der Waals surface area contributed by atoms with Crippen molar-refractivity contribution in [3.63, 3.8) is 0 Å². The summed E-state index contributed by atoms with van der Waals surface area (Å²) in [4.78, 5) is 2.10. The maximum absolute atomic E-state index is 8.82. The maximum atomic E-state index is 8.82. The molecule has 3 aromatic carbocycles. The fourth-order valence-electron chi connectivity index (χ4n) is 4.02. The summed E-state index contributed by atoms with van der Waals surface area (Å²) in [6.45, 7) is 2.83. The van der Waals surface area contributed by atoms with Gasteiger partial charge in [0.2, 0.25) is 11.4 Å². The van der Waals surface area contributed by atoms with Gasteiger partial charge in [0.05, 0.1) is 12.5 Å². The Morgan fingerprint density at radius 2 is 1.51 bits per heavy atom. The first kappa shape index (κ1) is 24.3. The molecule has 0 fully saturated rings. The first-order valence-electron chi connectivity index (χ1n) is 11.7. The minimum atomic E-state index is 0.516. The summed E-state index contributed by atoms with van der Waals surface area (Å²) in [5.41, 5.74) is 9.16. The van der Waals surface area contributed by atoms with Crippen LogP contribution in [0.3, 0.4) is 0 Å². The third kappa shape index (κ3) is 5.98. The highest BCUT2D eigenvalue weighted by molar-refractivity contribution is 6.30. The normalized spacial score (nSPS) is 10.9. The molecule has 1 heterocycles. The molecule has 0 aliphatic rings. The van der Waals surface area contributed by atoms with E-state index in [2.05, 4.69) is 114 Å². The molecule has 0 atom stereocenters. The van der Waals surface area contributed by atoms with Crippen molar-refractivity contribution < 1.29 is 4.57 Å². The lowest BCUT2D eigenvalue weighted by atomic mass is 10.0. The third-order valence-electron chi connectivity index (χ3n) is 6.21. The fraction of sp³-hybridized carbons (Fsp3) is 0.161. The highest BCUT2D eigenvalue weighted by Gasteiger charge is 2.16. The Bertz CT molecular complexity index is 1360. The van der Waals surface area contributed by atoms with E-state index in [4.69, 9.17) is 16.9 Å².